The van der Waals surface area contributed by atoms with Crippen LogP contribution in [0.25, 0.3) is 0 Å². The van der Waals surface area contributed by atoms with E-state index < -0.39 is 23.4 Å². The Hall–Kier alpha value is -2.41. The third kappa shape index (κ3) is 9.51. The number of nitrogens with zero attached hydrogens (tertiary/aromatic N) is 1. The summed E-state index contributed by atoms with van der Waals surface area (Å²) in [4.78, 5) is 37.7. The van der Waals surface area contributed by atoms with Crippen LogP contribution in [-0.2, 0) is 19.1 Å². The summed E-state index contributed by atoms with van der Waals surface area (Å²) in [5, 5.41) is 12.3. The minimum atomic E-state index is -1.58. The molecule has 0 aliphatic carbocycles. The molecular formula is C24H38N2O5. The Labute approximate surface area is 186 Å². The van der Waals surface area contributed by atoms with E-state index in [2.05, 4.69) is 5.43 Å². The van der Waals surface area contributed by atoms with Gasteiger partial charge in [-0.1, -0.05) is 45.9 Å². The molecule has 0 unspecified atom stereocenters. The van der Waals surface area contributed by atoms with Crippen molar-refractivity contribution in [2.24, 2.45) is 11.8 Å². The predicted octanol–water partition coefficient (Wildman–Crippen LogP) is 4.00. The van der Waals surface area contributed by atoms with Crippen LogP contribution >= 0.6 is 0 Å². The van der Waals surface area contributed by atoms with E-state index >= 15 is 0 Å². The molecule has 1 aromatic rings. The van der Waals surface area contributed by atoms with Gasteiger partial charge in [0.2, 0.25) is 5.91 Å². The maximum Gasteiger partial charge on any atom is 0.306 e. The lowest BCUT2D eigenvalue weighted by Crippen LogP contribution is -2.55. The molecule has 0 heterocycles. The molecule has 2 N–H and O–H groups in total. The first-order valence-electron chi connectivity index (χ1n) is 11.2. The first-order chi connectivity index (χ1) is 14.6. The summed E-state index contributed by atoms with van der Waals surface area (Å²) in [6, 6.07) is 8.66. The third-order valence-corrected chi connectivity index (χ3v) is 5.02. The van der Waals surface area contributed by atoms with E-state index in [1.54, 1.807) is 37.3 Å². The Morgan fingerprint density at radius 2 is 1.55 bits per heavy atom. The number of hydrogen-bond donors (Lipinski definition) is 2. The number of amides is 2. The Morgan fingerprint density at radius 1 is 1.00 bits per heavy atom. The number of hydrogen-bond acceptors (Lipinski definition) is 5. The highest BCUT2D eigenvalue weighted by Gasteiger charge is 2.37. The number of nitrogens with one attached hydrogen (secondary N) is 1. The van der Waals surface area contributed by atoms with Crippen LogP contribution in [0.4, 0.5) is 5.69 Å². The van der Waals surface area contributed by atoms with E-state index in [0.717, 1.165) is 5.01 Å². The van der Waals surface area contributed by atoms with E-state index in [0.29, 0.717) is 43.2 Å². The van der Waals surface area contributed by atoms with Crippen LogP contribution < -0.4 is 10.4 Å². The van der Waals surface area contributed by atoms with Gasteiger partial charge in [0.15, 0.2) is 0 Å². The highest BCUT2D eigenvalue weighted by molar-refractivity contribution is 5.99. The van der Waals surface area contributed by atoms with Gasteiger partial charge in [0.05, 0.1) is 18.7 Å². The molecule has 0 atom stereocenters. The summed E-state index contributed by atoms with van der Waals surface area (Å²) in [5.74, 6) is -0.880. The van der Waals surface area contributed by atoms with Crippen LogP contribution in [0.3, 0.4) is 0 Å². The summed E-state index contributed by atoms with van der Waals surface area (Å²) in [6.07, 6.45) is 1.78. The highest BCUT2D eigenvalue weighted by atomic mass is 16.5. The zero-order chi connectivity index (χ0) is 23.4. The Kier molecular flexibility index (Phi) is 11.3. The van der Waals surface area contributed by atoms with Crippen LogP contribution in [0.5, 0.6) is 0 Å². The van der Waals surface area contributed by atoms with Gasteiger partial charge >= 0.3 is 5.97 Å². The van der Waals surface area contributed by atoms with Crippen molar-refractivity contribution in [3.8, 4) is 0 Å². The first kappa shape index (κ1) is 26.6. The summed E-state index contributed by atoms with van der Waals surface area (Å²) in [7, 11) is 0. The monoisotopic (exact) mass is 434 g/mol. The van der Waals surface area contributed by atoms with Gasteiger partial charge in [-0.2, -0.15) is 0 Å². The molecule has 0 fully saturated rings. The number of carbonyl (C=O) groups excluding carboxylic acids is 3. The topological polar surface area (TPSA) is 95.9 Å². The highest BCUT2D eigenvalue weighted by Crippen LogP contribution is 2.25. The van der Waals surface area contributed by atoms with E-state index in [1.165, 1.54) is 0 Å². The molecule has 174 valence electrons. The maximum absolute atomic E-state index is 13.2. The van der Waals surface area contributed by atoms with E-state index in [-0.39, 0.29) is 19.4 Å². The van der Waals surface area contributed by atoms with Gasteiger partial charge in [0.1, 0.15) is 5.60 Å². The van der Waals surface area contributed by atoms with Gasteiger partial charge in [-0.15, -0.1) is 0 Å². The lowest BCUT2D eigenvalue weighted by atomic mass is 9.86. The molecule has 7 nitrogen and oxygen atoms in total. The molecule has 7 heteroatoms. The van der Waals surface area contributed by atoms with Gasteiger partial charge in [-0.05, 0) is 56.6 Å². The number of carbonyl (C=O) groups is 3. The van der Waals surface area contributed by atoms with Crippen LogP contribution in [0, 0.1) is 11.8 Å². The minimum Gasteiger partial charge on any atom is -0.466 e. The molecule has 0 aliphatic heterocycles. The second-order valence-corrected chi connectivity index (χ2v) is 8.71. The first-order valence-corrected chi connectivity index (χ1v) is 11.2. The number of esters is 1. The van der Waals surface area contributed by atoms with E-state index in [1.807, 2.05) is 27.7 Å². The molecule has 31 heavy (non-hydrogen) atoms. The molecule has 1 rings (SSSR count). The number of anilines is 1. The van der Waals surface area contributed by atoms with E-state index in [4.69, 9.17) is 4.74 Å². The quantitative estimate of drug-likeness (QED) is 0.383. The molecular weight excluding hydrogens is 396 g/mol. The largest absolute Gasteiger partial charge is 0.466 e. The van der Waals surface area contributed by atoms with Crippen molar-refractivity contribution >= 4 is 23.5 Å². The average Bonchev–Trinajstić information content (AvgIpc) is 2.73. The summed E-state index contributed by atoms with van der Waals surface area (Å²) in [5.41, 5.74) is 1.50. The van der Waals surface area contributed by atoms with Gasteiger partial charge in [0.25, 0.3) is 5.91 Å². The number of ether oxygens (including phenoxy) is 1. The number of hydrazine groups is 1. The van der Waals surface area contributed by atoms with Gasteiger partial charge in [-0.3, -0.25) is 19.8 Å². The molecule has 0 aliphatic rings. The lowest BCUT2D eigenvalue weighted by molar-refractivity contribution is -0.144. The molecule has 0 saturated heterocycles. The van der Waals surface area contributed by atoms with Crippen LogP contribution in [-0.4, -0.2) is 35.1 Å². The average molecular weight is 435 g/mol. The molecule has 0 saturated carbocycles. The molecule has 0 spiro atoms. The fourth-order valence-electron chi connectivity index (χ4n) is 3.01. The van der Waals surface area contributed by atoms with E-state index in [9.17, 15) is 19.5 Å². The number of para-hydroxylation sites is 1. The standard InChI is InChI=1S/C24H38N2O5/c1-6-31-22(28)13-12-21(27)26(20-10-8-7-9-11-20)25-23(29)24(30,16-14-18(2)3)17-15-19(4)5/h7-11,18-19,30H,6,12-17H2,1-5H3,(H,25,29). The number of rotatable bonds is 12. The SMILES string of the molecule is CCOC(=O)CCC(=O)N(NC(=O)C(O)(CCC(C)C)CCC(C)C)c1ccccc1. The summed E-state index contributed by atoms with van der Waals surface area (Å²) >= 11 is 0. The van der Waals surface area contributed by atoms with Crippen molar-refractivity contribution in [3.63, 3.8) is 0 Å². The van der Waals surface area contributed by atoms with Crippen molar-refractivity contribution in [2.75, 3.05) is 11.6 Å². The van der Waals surface area contributed by atoms with Crippen LogP contribution in [0.15, 0.2) is 30.3 Å². The number of aliphatic hydroxyl groups is 1. The Bertz CT molecular complexity index is 691. The lowest BCUT2D eigenvalue weighted by Gasteiger charge is -2.32. The number of benzene rings is 1. The Morgan fingerprint density at radius 3 is 2.03 bits per heavy atom. The molecule has 0 radical (unpaired) electrons. The van der Waals surface area contributed by atoms with Gasteiger partial charge in [-0.25, -0.2) is 5.01 Å². The maximum atomic E-state index is 13.2. The summed E-state index contributed by atoms with van der Waals surface area (Å²) in [6.45, 7) is 10.1. The van der Waals surface area contributed by atoms with Gasteiger partial charge < -0.3 is 9.84 Å². The third-order valence-electron chi connectivity index (χ3n) is 5.02. The second-order valence-electron chi connectivity index (χ2n) is 8.71. The van der Waals surface area contributed by atoms with Crippen molar-refractivity contribution in [1.82, 2.24) is 5.43 Å². The van der Waals surface area contributed by atoms with Crippen LogP contribution in [0.2, 0.25) is 0 Å². The normalized spacial score (nSPS) is 11.5. The fourth-order valence-corrected chi connectivity index (χ4v) is 3.01. The predicted molar refractivity (Wildman–Crippen MR) is 121 cm³/mol. The molecule has 0 bridgehead atoms. The smallest absolute Gasteiger partial charge is 0.306 e. The minimum absolute atomic E-state index is 0.0865. The van der Waals surface area contributed by atoms with Crippen molar-refractivity contribution in [1.29, 1.82) is 0 Å². The van der Waals surface area contributed by atoms with Crippen LogP contribution in [0.1, 0.15) is 73.1 Å². The molecule has 0 aromatic heterocycles. The summed E-state index contributed by atoms with van der Waals surface area (Å²) < 4.78 is 4.88. The fraction of sp³-hybridized carbons (Fsp3) is 0.625. The van der Waals surface area contributed by atoms with Crippen molar-refractivity contribution < 1.29 is 24.2 Å². The molecule has 2 amide bonds. The Balaban J connectivity index is 3.04. The van der Waals surface area contributed by atoms with Gasteiger partial charge in [0, 0.05) is 6.42 Å². The molecule has 1 aromatic carbocycles. The van der Waals surface area contributed by atoms with Crippen molar-refractivity contribution in [3.05, 3.63) is 30.3 Å². The van der Waals surface area contributed by atoms with Crippen molar-refractivity contribution in [2.45, 2.75) is 78.7 Å². The zero-order valence-corrected chi connectivity index (χ0v) is 19.5. The second kappa shape index (κ2) is 13.1. The zero-order valence-electron chi connectivity index (χ0n) is 19.5.